The third-order valence-electron chi connectivity index (χ3n) is 2.66. The highest BCUT2D eigenvalue weighted by atomic mass is 32.2. The lowest BCUT2D eigenvalue weighted by atomic mass is 10.2. The average molecular weight is 261 g/mol. The second-order valence-corrected chi connectivity index (χ2v) is 7.37. The molecule has 2 N–H and O–H groups in total. The summed E-state index contributed by atoms with van der Waals surface area (Å²) >= 11 is 1.53. The number of sulfone groups is 1. The molecule has 0 bridgehead atoms. The van der Waals surface area contributed by atoms with E-state index in [0.717, 1.165) is 15.3 Å². The number of rotatable bonds is 3. The molecule has 0 amide bonds. The number of fused-ring (bicyclic) bond motifs is 1. The quantitative estimate of drug-likeness (QED) is 0.830. The molecule has 16 heavy (non-hydrogen) atoms. The largest absolute Gasteiger partial charge is 0.386 e. The van der Waals surface area contributed by atoms with Crippen LogP contribution in [0.15, 0.2) is 6.07 Å². The molecule has 90 valence electrons. The summed E-state index contributed by atoms with van der Waals surface area (Å²) in [5.41, 5.74) is 0.876. The van der Waals surface area contributed by atoms with Gasteiger partial charge in [-0.15, -0.1) is 11.3 Å². The fourth-order valence-corrected chi connectivity index (χ4v) is 4.62. The number of aryl methyl sites for hydroxylation is 1. The Morgan fingerprint density at radius 1 is 1.62 bits per heavy atom. The van der Waals surface area contributed by atoms with Gasteiger partial charge >= 0.3 is 0 Å². The van der Waals surface area contributed by atoms with Gasteiger partial charge in [0.2, 0.25) is 0 Å². The SMILES string of the molecule is CNCC(O)c1cc2c(s1)CCS(=O)(=O)C2. The summed E-state index contributed by atoms with van der Waals surface area (Å²) in [6, 6.07) is 1.83. The van der Waals surface area contributed by atoms with Gasteiger partial charge in [0.1, 0.15) is 6.10 Å². The van der Waals surface area contributed by atoms with Crippen molar-refractivity contribution < 1.29 is 13.5 Å². The van der Waals surface area contributed by atoms with Crippen molar-refractivity contribution in [2.24, 2.45) is 0 Å². The Hall–Kier alpha value is -0.430. The Labute approximate surface area is 99.2 Å². The van der Waals surface area contributed by atoms with Crippen molar-refractivity contribution in [1.82, 2.24) is 5.32 Å². The van der Waals surface area contributed by atoms with Gasteiger partial charge in [-0.2, -0.15) is 0 Å². The summed E-state index contributed by atoms with van der Waals surface area (Å²) in [5.74, 6) is 0.368. The topological polar surface area (TPSA) is 66.4 Å². The van der Waals surface area contributed by atoms with E-state index in [4.69, 9.17) is 0 Å². The Balaban J connectivity index is 2.25. The van der Waals surface area contributed by atoms with Crippen LogP contribution in [0.3, 0.4) is 0 Å². The first-order valence-corrected chi connectivity index (χ1v) is 7.80. The minimum atomic E-state index is -2.91. The van der Waals surface area contributed by atoms with Crippen molar-refractivity contribution >= 4 is 21.2 Å². The third-order valence-corrected chi connectivity index (χ3v) is 5.57. The Bertz CT molecular complexity index is 478. The summed E-state index contributed by atoms with van der Waals surface area (Å²) in [4.78, 5) is 1.97. The molecule has 6 heteroatoms. The molecule has 1 atom stereocenters. The third kappa shape index (κ3) is 2.45. The number of aliphatic hydroxyl groups is 1. The van der Waals surface area contributed by atoms with Crippen LogP contribution in [0.1, 0.15) is 21.4 Å². The number of nitrogens with one attached hydrogen (secondary N) is 1. The highest BCUT2D eigenvalue weighted by Gasteiger charge is 2.24. The maximum atomic E-state index is 11.4. The number of aliphatic hydroxyl groups excluding tert-OH is 1. The summed E-state index contributed by atoms with van der Waals surface area (Å²) in [7, 11) is -1.13. The molecule has 1 unspecified atom stereocenters. The van der Waals surface area contributed by atoms with Gasteiger partial charge < -0.3 is 10.4 Å². The van der Waals surface area contributed by atoms with E-state index < -0.39 is 15.9 Å². The molecule has 0 saturated carbocycles. The summed E-state index contributed by atoms with van der Waals surface area (Å²) < 4.78 is 22.9. The van der Waals surface area contributed by atoms with Crippen molar-refractivity contribution in [3.8, 4) is 0 Å². The van der Waals surface area contributed by atoms with Crippen LogP contribution in [-0.4, -0.2) is 32.9 Å². The molecule has 1 aromatic rings. The lowest BCUT2D eigenvalue weighted by Crippen LogP contribution is -2.16. The lowest BCUT2D eigenvalue weighted by molar-refractivity contribution is 0.181. The monoisotopic (exact) mass is 261 g/mol. The van der Waals surface area contributed by atoms with E-state index in [9.17, 15) is 13.5 Å². The van der Waals surface area contributed by atoms with Gasteiger partial charge in [0.25, 0.3) is 0 Å². The highest BCUT2D eigenvalue weighted by molar-refractivity contribution is 7.90. The predicted octanol–water partition coefficient (Wildman–Crippen LogP) is 0.472. The van der Waals surface area contributed by atoms with E-state index >= 15 is 0 Å². The Morgan fingerprint density at radius 2 is 2.38 bits per heavy atom. The fraction of sp³-hybridized carbons (Fsp3) is 0.600. The van der Waals surface area contributed by atoms with E-state index in [-0.39, 0.29) is 11.5 Å². The molecule has 4 nitrogen and oxygen atoms in total. The number of hydrogen-bond acceptors (Lipinski definition) is 5. The Morgan fingerprint density at radius 3 is 3.06 bits per heavy atom. The van der Waals surface area contributed by atoms with Crippen LogP contribution in [0.5, 0.6) is 0 Å². The van der Waals surface area contributed by atoms with Gasteiger partial charge in [0.05, 0.1) is 11.5 Å². The van der Waals surface area contributed by atoms with Crippen LogP contribution in [-0.2, 0) is 22.0 Å². The molecular weight excluding hydrogens is 246 g/mol. The summed E-state index contributed by atoms with van der Waals surface area (Å²) in [5, 5.41) is 12.7. The second-order valence-electron chi connectivity index (χ2n) is 4.01. The molecule has 2 heterocycles. The zero-order chi connectivity index (χ0) is 11.8. The van der Waals surface area contributed by atoms with E-state index in [2.05, 4.69) is 5.32 Å². The van der Waals surface area contributed by atoms with Gasteiger partial charge in [-0.05, 0) is 25.1 Å². The second kappa shape index (κ2) is 4.44. The molecule has 0 aliphatic carbocycles. The van der Waals surface area contributed by atoms with Crippen LogP contribution in [0.4, 0.5) is 0 Å². The van der Waals surface area contributed by atoms with Crippen LogP contribution in [0.2, 0.25) is 0 Å². The maximum absolute atomic E-state index is 11.4. The predicted molar refractivity (Wildman–Crippen MR) is 64.4 cm³/mol. The van der Waals surface area contributed by atoms with Gasteiger partial charge in [-0.25, -0.2) is 8.42 Å². The molecule has 0 aromatic carbocycles. The molecule has 0 radical (unpaired) electrons. The van der Waals surface area contributed by atoms with Gasteiger partial charge in [-0.1, -0.05) is 0 Å². The van der Waals surface area contributed by atoms with Crippen LogP contribution >= 0.6 is 11.3 Å². The first-order valence-electron chi connectivity index (χ1n) is 5.16. The van der Waals surface area contributed by atoms with Gasteiger partial charge in [-0.3, -0.25) is 0 Å². The van der Waals surface area contributed by atoms with Crippen molar-refractivity contribution in [3.63, 3.8) is 0 Å². The number of likely N-dealkylation sites (N-methyl/N-ethyl adjacent to an activating group) is 1. The first kappa shape index (κ1) is 12.0. The first-order chi connectivity index (χ1) is 7.52. The zero-order valence-electron chi connectivity index (χ0n) is 9.06. The summed E-state index contributed by atoms with van der Waals surface area (Å²) in [6.07, 6.45) is 0.0533. The standard InChI is InChI=1S/C10H15NO3S2/c1-11-5-8(12)10-4-7-6-16(13,14)3-2-9(7)15-10/h4,8,11-12H,2-3,5-6H2,1H3. The smallest absolute Gasteiger partial charge is 0.154 e. The molecule has 0 saturated heterocycles. The minimum absolute atomic E-state index is 0.130. The van der Waals surface area contributed by atoms with Crippen molar-refractivity contribution in [1.29, 1.82) is 0 Å². The van der Waals surface area contributed by atoms with Crippen molar-refractivity contribution in [2.75, 3.05) is 19.3 Å². The maximum Gasteiger partial charge on any atom is 0.154 e. The number of hydrogen-bond donors (Lipinski definition) is 2. The molecule has 1 aromatic heterocycles. The highest BCUT2D eigenvalue weighted by Crippen LogP contribution is 2.32. The van der Waals surface area contributed by atoms with Crippen LogP contribution in [0, 0.1) is 0 Å². The van der Waals surface area contributed by atoms with Gasteiger partial charge in [0, 0.05) is 16.3 Å². The average Bonchev–Trinajstić information content (AvgIpc) is 2.59. The van der Waals surface area contributed by atoms with E-state index in [1.165, 1.54) is 11.3 Å². The number of thiophene rings is 1. The Kier molecular flexibility index (Phi) is 3.34. The van der Waals surface area contributed by atoms with E-state index in [1.54, 1.807) is 7.05 Å². The molecular formula is C10H15NO3S2. The fourth-order valence-electron chi connectivity index (χ4n) is 1.84. The van der Waals surface area contributed by atoms with Crippen molar-refractivity contribution in [2.45, 2.75) is 18.3 Å². The van der Waals surface area contributed by atoms with E-state index in [0.29, 0.717) is 13.0 Å². The van der Waals surface area contributed by atoms with Gasteiger partial charge in [0.15, 0.2) is 9.84 Å². The van der Waals surface area contributed by atoms with Crippen molar-refractivity contribution in [3.05, 3.63) is 21.4 Å². The van der Waals surface area contributed by atoms with E-state index in [1.807, 2.05) is 6.07 Å². The van der Waals surface area contributed by atoms with Crippen LogP contribution < -0.4 is 5.32 Å². The normalized spacial score (nSPS) is 20.4. The zero-order valence-corrected chi connectivity index (χ0v) is 10.7. The summed E-state index contributed by atoms with van der Waals surface area (Å²) in [6.45, 7) is 0.492. The minimum Gasteiger partial charge on any atom is -0.386 e. The lowest BCUT2D eigenvalue weighted by Gasteiger charge is -2.10. The van der Waals surface area contributed by atoms with Crippen LogP contribution in [0.25, 0.3) is 0 Å². The molecule has 1 aliphatic heterocycles. The molecule has 2 rings (SSSR count). The molecule has 0 fully saturated rings. The molecule has 0 spiro atoms. The molecule has 1 aliphatic rings.